The second kappa shape index (κ2) is 74.2. The first kappa shape index (κ1) is 89.4. The first-order valence-electron chi connectivity index (χ1n) is 37.9. The Morgan fingerprint density at radius 1 is 0.316 bits per heavy atom. The lowest BCUT2D eigenvalue weighted by Gasteiger charge is -2.25. The molecule has 0 heterocycles. The number of allylic oxidation sites excluding steroid dienone is 30. The zero-order valence-electron chi connectivity index (χ0n) is 61.3. The molecule has 0 aliphatic rings. The summed E-state index contributed by atoms with van der Waals surface area (Å²) in [6.07, 6.45) is 110. The predicted molar refractivity (Wildman–Crippen MR) is 409 cm³/mol. The summed E-state index contributed by atoms with van der Waals surface area (Å²) in [7, 11) is 5.97. The Balaban J connectivity index is 4.14. The highest BCUT2D eigenvalue weighted by Gasteiger charge is 2.25. The number of esters is 2. The molecule has 0 saturated heterocycles. The number of hydrogen-bond donors (Lipinski definition) is 1. The van der Waals surface area contributed by atoms with Crippen LogP contribution in [0.25, 0.3) is 0 Å². The van der Waals surface area contributed by atoms with Crippen LogP contribution in [0.5, 0.6) is 0 Å². The molecule has 0 saturated carbocycles. The summed E-state index contributed by atoms with van der Waals surface area (Å²) in [4.78, 5) is 37.7. The zero-order valence-corrected chi connectivity index (χ0v) is 61.3. The van der Waals surface area contributed by atoms with Crippen molar-refractivity contribution in [3.05, 3.63) is 182 Å². The number of ether oxygens (including phenoxy) is 4. The molecule has 0 radical (unpaired) electrons. The van der Waals surface area contributed by atoms with Gasteiger partial charge < -0.3 is 28.5 Å². The summed E-state index contributed by atoms with van der Waals surface area (Å²) in [5.41, 5.74) is 0. The molecule has 2 unspecified atom stereocenters. The SMILES string of the molecule is CC/C=C\C/C=C\C/C=C\C/C=C\C/C=C\C/C=C\C/C=C\C/C=C\CCCCCCCCCCCCCCC(=O)OC(COC(=O)CCCCCCCCCCCCC/C=C\C/C=C\C/C=C\C/C=C\C/C=C\C/C=C\C/C=C\CC)COC(OCC[N+](C)(C)C)C(=O)O. The van der Waals surface area contributed by atoms with E-state index < -0.39 is 24.3 Å². The Morgan fingerprint density at radius 3 is 0.842 bits per heavy atom. The molecular formula is C86H140NO8+. The Kier molecular flexibility index (Phi) is 69.8. The fourth-order valence-corrected chi connectivity index (χ4v) is 9.95. The van der Waals surface area contributed by atoms with Crippen molar-refractivity contribution in [3.63, 3.8) is 0 Å². The van der Waals surface area contributed by atoms with Crippen LogP contribution in [0.2, 0.25) is 0 Å². The van der Waals surface area contributed by atoms with Crippen LogP contribution in [0.4, 0.5) is 0 Å². The molecule has 0 aliphatic carbocycles. The molecule has 95 heavy (non-hydrogen) atoms. The minimum Gasteiger partial charge on any atom is -0.477 e. The first-order chi connectivity index (χ1) is 46.6. The standard InChI is InChI=1S/C86H139NO8/c1-6-8-10-12-14-16-18-20-22-24-26-28-30-32-34-36-38-40-41-42-43-45-47-49-51-53-55-57-59-61-63-65-67-69-71-73-75-77-84(89)95-82(81-94-86(85(90)91)92-79-78-87(3,4)5)80-93-83(88)76-74-72-70-68-66-64-62-60-58-56-54-52-50-48-46-44-39-37-35-33-31-29-27-25-23-21-19-17-15-13-11-9-7-2/h8-11,14-17,20-23,26-29,32-35,38-40,42-44,47-50,82,86H,6-7,12-13,18-19,24-25,30-31,36-37,41,45-46,51-81H2,1-5H3/p+1/b10-8-,11-9-,16-14-,17-15-,22-20-,23-21-,28-26-,29-27-,34-32-,35-33-,40-38-,43-42-,44-39-,49-47-,50-48-. The van der Waals surface area contributed by atoms with E-state index in [0.717, 1.165) is 141 Å². The number of carbonyl (C=O) groups excluding carboxylic acids is 2. The Labute approximate surface area is 583 Å². The van der Waals surface area contributed by atoms with E-state index in [1.54, 1.807) is 0 Å². The van der Waals surface area contributed by atoms with Crippen LogP contribution in [-0.4, -0.2) is 87.4 Å². The van der Waals surface area contributed by atoms with Gasteiger partial charge in [0, 0.05) is 12.8 Å². The van der Waals surface area contributed by atoms with Crippen molar-refractivity contribution in [2.45, 2.75) is 296 Å². The number of likely N-dealkylation sites (N-methyl/N-ethyl adjacent to an activating group) is 1. The molecule has 0 aromatic rings. The number of aliphatic carboxylic acids is 1. The Hall–Kier alpha value is -5.61. The molecule has 9 heteroatoms. The molecule has 0 rings (SSSR count). The summed E-state index contributed by atoms with van der Waals surface area (Å²) in [6.45, 7) is 4.64. The monoisotopic (exact) mass is 1320 g/mol. The predicted octanol–water partition coefficient (Wildman–Crippen LogP) is 24.4. The van der Waals surface area contributed by atoms with Crippen LogP contribution in [-0.2, 0) is 33.3 Å². The van der Waals surface area contributed by atoms with Crippen molar-refractivity contribution < 1.29 is 42.9 Å². The van der Waals surface area contributed by atoms with Gasteiger partial charge in [0.25, 0.3) is 6.29 Å². The topological polar surface area (TPSA) is 108 Å². The van der Waals surface area contributed by atoms with Gasteiger partial charge in [0.05, 0.1) is 34.4 Å². The van der Waals surface area contributed by atoms with E-state index in [9.17, 15) is 19.5 Å². The van der Waals surface area contributed by atoms with Crippen molar-refractivity contribution in [2.24, 2.45) is 0 Å². The van der Waals surface area contributed by atoms with E-state index in [4.69, 9.17) is 18.9 Å². The number of quaternary nitrogens is 1. The smallest absolute Gasteiger partial charge is 0.361 e. The summed E-state index contributed by atoms with van der Waals surface area (Å²) in [5.74, 6) is -2.02. The fourth-order valence-electron chi connectivity index (χ4n) is 9.95. The van der Waals surface area contributed by atoms with Gasteiger partial charge in [0.2, 0.25) is 0 Å². The van der Waals surface area contributed by atoms with E-state index in [-0.39, 0.29) is 38.6 Å². The first-order valence-corrected chi connectivity index (χ1v) is 37.9. The molecule has 0 aromatic heterocycles. The number of hydrogen-bond acceptors (Lipinski definition) is 7. The third kappa shape index (κ3) is 75.6. The number of unbranched alkanes of at least 4 members (excludes halogenated alkanes) is 23. The third-order valence-electron chi connectivity index (χ3n) is 15.7. The minimum absolute atomic E-state index is 0.179. The highest BCUT2D eigenvalue weighted by Crippen LogP contribution is 2.17. The highest BCUT2D eigenvalue weighted by atomic mass is 16.7. The van der Waals surface area contributed by atoms with Gasteiger partial charge in [-0.2, -0.15) is 0 Å². The van der Waals surface area contributed by atoms with Crippen LogP contribution >= 0.6 is 0 Å². The molecule has 0 spiro atoms. The van der Waals surface area contributed by atoms with Gasteiger partial charge in [-0.25, -0.2) is 4.79 Å². The van der Waals surface area contributed by atoms with Crippen LogP contribution < -0.4 is 0 Å². The molecule has 0 amide bonds. The average molecular weight is 1320 g/mol. The maximum Gasteiger partial charge on any atom is 0.361 e. The Bertz CT molecular complexity index is 2220. The maximum absolute atomic E-state index is 13.0. The van der Waals surface area contributed by atoms with Crippen LogP contribution in [0.15, 0.2) is 182 Å². The van der Waals surface area contributed by atoms with Crippen molar-refractivity contribution in [3.8, 4) is 0 Å². The van der Waals surface area contributed by atoms with E-state index in [2.05, 4.69) is 196 Å². The van der Waals surface area contributed by atoms with Crippen molar-refractivity contribution >= 4 is 17.9 Å². The second-order valence-electron chi connectivity index (χ2n) is 25.8. The van der Waals surface area contributed by atoms with E-state index in [1.165, 1.54) is 109 Å². The molecule has 0 fully saturated rings. The van der Waals surface area contributed by atoms with Gasteiger partial charge in [0.15, 0.2) is 6.10 Å². The lowest BCUT2D eigenvalue weighted by molar-refractivity contribution is -0.870. The largest absolute Gasteiger partial charge is 0.477 e. The van der Waals surface area contributed by atoms with E-state index in [0.29, 0.717) is 17.4 Å². The lowest BCUT2D eigenvalue weighted by atomic mass is 10.0. The number of nitrogens with zero attached hydrogens (tertiary/aromatic N) is 1. The van der Waals surface area contributed by atoms with Gasteiger partial charge in [-0.1, -0.05) is 318 Å². The summed E-state index contributed by atoms with van der Waals surface area (Å²) >= 11 is 0. The van der Waals surface area contributed by atoms with Crippen LogP contribution in [0.3, 0.4) is 0 Å². The lowest BCUT2D eigenvalue weighted by Crippen LogP contribution is -2.40. The number of carboxylic acid groups (broad SMARTS) is 1. The molecule has 9 nitrogen and oxygen atoms in total. The summed E-state index contributed by atoms with van der Waals surface area (Å²) < 4.78 is 23.0. The van der Waals surface area contributed by atoms with Crippen molar-refractivity contribution in [2.75, 3.05) is 47.5 Å². The van der Waals surface area contributed by atoms with E-state index in [1.807, 2.05) is 21.1 Å². The Morgan fingerprint density at radius 2 is 0.568 bits per heavy atom. The molecule has 1 N–H and O–H groups in total. The molecular weight excluding hydrogens is 1170 g/mol. The molecule has 2 atom stereocenters. The molecule has 536 valence electrons. The number of carbonyl (C=O) groups is 3. The molecule has 0 bridgehead atoms. The normalized spacial score (nSPS) is 13.7. The van der Waals surface area contributed by atoms with Gasteiger partial charge in [0.1, 0.15) is 13.2 Å². The highest BCUT2D eigenvalue weighted by molar-refractivity contribution is 5.71. The summed E-state index contributed by atoms with van der Waals surface area (Å²) in [6, 6.07) is 0. The van der Waals surface area contributed by atoms with Crippen molar-refractivity contribution in [1.82, 2.24) is 0 Å². The van der Waals surface area contributed by atoms with Crippen molar-refractivity contribution in [1.29, 1.82) is 0 Å². The molecule has 0 aliphatic heterocycles. The van der Waals surface area contributed by atoms with Gasteiger partial charge in [-0.3, -0.25) is 9.59 Å². The zero-order chi connectivity index (χ0) is 69.0. The van der Waals surface area contributed by atoms with Gasteiger partial charge in [-0.05, 0) is 135 Å². The van der Waals surface area contributed by atoms with Crippen LogP contribution in [0, 0.1) is 0 Å². The average Bonchev–Trinajstić information content (AvgIpc) is 3.75. The fraction of sp³-hybridized carbons (Fsp3) is 0.616. The quantitative estimate of drug-likeness (QED) is 0.0211. The second-order valence-corrected chi connectivity index (χ2v) is 25.8. The third-order valence-corrected chi connectivity index (χ3v) is 15.7. The number of rotatable bonds is 68. The van der Waals surface area contributed by atoms with Gasteiger partial charge >= 0.3 is 17.9 Å². The van der Waals surface area contributed by atoms with Gasteiger partial charge in [-0.15, -0.1) is 0 Å². The minimum atomic E-state index is -1.52. The molecule has 0 aromatic carbocycles. The number of carboxylic acids is 1. The van der Waals surface area contributed by atoms with E-state index >= 15 is 0 Å². The maximum atomic E-state index is 13.0. The van der Waals surface area contributed by atoms with Crippen LogP contribution in [0.1, 0.15) is 284 Å². The summed E-state index contributed by atoms with van der Waals surface area (Å²) in [5, 5.41) is 9.77.